The lowest BCUT2D eigenvalue weighted by molar-refractivity contribution is -0.134. The molecule has 1 saturated heterocycles. The third kappa shape index (κ3) is 7.02. The first kappa shape index (κ1) is 26.0. The van der Waals surface area contributed by atoms with E-state index in [9.17, 15) is 14.0 Å². The van der Waals surface area contributed by atoms with Crippen LogP contribution in [0.3, 0.4) is 0 Å². The Kier molecular flexibility index (Phi) is 9.25. The molecule has 0 spiro atoms. The molecule has 0 N–H and O–H groups in total. The number of benzene rings is 2. The highest BCUT2D eigenvalue weighted by Gasteiger charge is 2.28. The van der Waals surface area contributed by atoms with E-state index < -0.39 is 0 Å². The second-order valence-electron chi connectivity index (χ2n) is 9.24. The van der Waals surface area contributed by atoms with Gasteiger partial charge in [0.1, 0.15) is 5.82 Å². The molecule has 2 heterocycles. The molecule has 3 aromatic rings. The summed E-state index contributed by atoms with van der Waals surface area (Å²) in [4.78, 5) is 33.5. The van der Waals surface area contributed by atoms with E-state index in [1.807, 2.05) is 57.6 Å². The van der Waals surface area contributed by atoms with Crippen molar-refractivity contribution >= 4 is 23.2 Å². The van der Waals surface area contributed by atoms with Crippen molar-refractivity contribution in [1.29, 1.82) is 0 Å². The molecule has 0 radical (unpaired) electrons. The maximum atomic E-state index is 13.4. The van der Waals surface area contributed by atoms with Gasteiger partial charge in [-0.25, -0.2) is 4.39 Å². The second-order valence-corrected chi connectivity index (χ2v) is 10.3. The highest BCUT2D eigenvalue weighted by Crippen LogP contribution is 2.23. The van der Waals surface area contributed by atoms with Gasteiger partial charge in [-0.15, -0.1) is 11.3 Å². The summed E-state index contributed by atoms with van der Waals surface area (Å²) in [5, 5.41) is 1.98. The molecule has 1 unspecified atom stereocenters. The quantitative estimate of drug-likeness (QED) is 0.396. The Bertz CT molecular complexity index is 1100. The highest BCUT2D eigenvalue weighted by molar-refractivity contribution is 7.10. The molecule has 4 rings (SSSR count). The topological polar surface area (TPSA) is 43.9 Å². The van der Waals surface area contributed by atoms with E-state index in [4.69, 9.17) is 0 Å². The number of carbonyl (C=O) groups is 2. The van der Waals surface area contributed by atoms with E-state index in [0.29, 0.717) is 32.6 Å². The molecule has 7 heteroatoms. The Morgan fingerprint density at radius 3 is 2.33 bits per heavy atom. The van der Waals surface area contributed by atoms with Gasteiger partial charge in [-0.1, -0.05) is 55.5 Å². The van der Waals surface area contributed by atoms with Crippen molar-refractivity contribution in [3.63, 3.8) is 0 Å². The van der Waals surface area contributed by atoms with Crippen molar-refractivity contribution in [2.45, 2.75) is 32.2 Å². The van der Waals surface area contributed by atoms with Crippen LogP contribution in [0.2, 0.25) is 0 Å². The fourth-order valence-corrected chi connectivity index (χ4v) is 5.38. The third-order valence-corrected chi connectivity index (χ3v) is 7.70. The summed E-state index contributed by atoms with van der Waals surface area (Å²) in [6.07, 6.45) is 1.16. The molecule has 190 valence electrons. The smallest absolute Gasteiger partial charge is 0.230 e. The van der Waals surface area contributed by atoms with Crippen molar-refractivity contribution in [3.05, 3.63) is 93.9 Å². The van der Waals surface area contributed by atoms with Gasteiger partial charge in [-0.3, -0.25) is 14.5 Å². The number of amides is 2. The van der Waals surface area contributed by atoms with E-state index in [0.717, 1.165) is 42.1 Å². The predicted molar refractivity (Wildman–Crippen MR) is 142 cm³/mol. The van der Waals surface area contributed by atoms with Crippen molar-refractivity contribution in [2.75, 3.05) is 39.3 Å². The minimum absolute atomic E-state index is 0.0734. The van der Waals surface area contributed by atoms with Crippen LogP contribution in [0.15, 0.2) is 72.1 Å². The number of hydrogen-bond donors (Lipinski definition) is 0. The van der Waals surface area contributed by atoms with Gasteiger partial charge in [0.25, 0.3) is 0 Å². The molecule has 2 amide bonds. The largest absolute Gasteiger partial charge is 0.340 e. The number of rotatable bonds is 10. The molecule has 1 aliphatic heterocycles. The summed E-state index contributed by atoms with van der Waals surface area (Å²) >= 11 is 1.58. The molecule has 5 nitrogen and oxygen atoms in total. The molecule has 0 bridgehead atoms. The van der Waals surface area contributed by atoms with Gasteiger partial charge in [0, 0.05) is 50.7 Å². The van der Waals surface area contributed by atoms with Gasteiger partial charge in [0.05, 0.1) is 12.3 Å². The van der Waals surface area contributed by atoms with E-state index in [2.05, 4.69) is 11.8 Å². The average molecular weight is 508 g/mol. The Morgan fingerprint density at radius 2 is 1.69 bits per heavy atom. The van der Waals surface area contributed by atoms with E-state index in [1.165, 1.54) is 12.1 Å². The van der Waals surface area contributed by atoms with Crippen LogP contribution < -0.4 is 0 Å². The first-order valence-electron chi connectivity index (χ1n) is 12.6. The van der Waals surface area contributed by atoms with Crippen LogP contribution in [0.1, 0.15) is 35.3 Å². The molecular formula is C29H34FN3O2S. The summed E-state index contributed by atoms with van der Waals surface area (Å²) in [6.45, 7) is 6.84. The van der Waals surface area contributed by atoms with E-state index in [-0.39, 0.29) is 23.5 Å². The van der Waals surface area contributed by atoms with Gasteiger partial charge in [0.2, 0.25) is 11.8 Å². The first-order chi connectivity index (χ1) is 17.5. The van der Waals surface area contributed by atoms with Crippen LogP contribution in [-0.2, 0) is 22.6 Å². The van der Waals surface area contributed by atoms with Gasteiger partial charge < -0.3 is 9.80 Å². The molecule has 1 aliphatic rings. The minimum atomic E-state index is -0.278. The lowest BCUT2D eigenvalue weighted by atomic mass is 9.95. The molecular weight excluding hydrogens is 473 g/mol. The van der Waals surface area contributed by atoms with Crippen LogP contribution in [0.4, 0.5) is 4.39 Å². The molecule has 36 heavy (non-hydrogen) atoms. The van der Waals surface area contributed by atoms with E-state index in [1.54, 1.807) is 23.5 Å². The molecule has 2 aromatic carbocycles. The normalized spacial score (nSPS) is 15.0. The summed E-state index contributed by atoms with van der Waals surface area (Å²) in [5.74, 6) is -0.101. The Hall–Kier alpha value is -3.03. The number of carbonyl (C=O) groups excluding carboxylic acids is 2. The van der Waals surface area contributed by atoms with Crippen molar-refractivity contribution in [3.8, 4) is 0 Å². The van der Waals surface area contributed by atoms with Crippen LogP contribution in [-0.4, -0.2) is 65.8 Å². The number of piperazine rings is 1. The van der Waals surface area contributed by atoms with Crippen molar-refractivity contribution < 1.29 is 14.0 Å². The number of hydrogen-bond acceptors (Lipinski definition) is 4. The Labute approximate surface area is 217 Å². The van der Waals surface area contributed by atoms with Crippen LogP contribution in [0.25, 0.3) is 0 Å². The zero-order valence-corrected chi connectivity index (χ0v) is 21.6. The highest BCUT2D eigenvalue weighted by atomic mass is 32.1. The average Bonchev–Trinajstić information content (AvgIpc) is 3.42. The summed E-state index contributed by atoms with van der Waals surface area (Å²) in [6, 6.07) is 20.3. The second kappa shape index (κ2) is 12.8. The number of halogens is 1. The molecule has 1 atom stereocenters. The maximum Gasteiger partial charge on any atom is 0.230 e. The van der Waals surface area contributed by atoms with Crippen LogP contribution in [0, 0.1) is 5.82 Å². The first-order valence-corrected chi connectivity index (χ1v) is 13.5. The number of thiophene rings is 1. The monoisotopic (exact) mass is 507 g/mol. The Balaban J connectivity index is 1.32. The zero-order valence-electron chi connectivity index (χ0n) is 20.8. The fraction of sp³-hybridized carbons (Fsp3) is 0.379. The Morgan fingerprint density at radius 1 is 0.972 bits per heavy atom. The maximum absolute atomic E-state index is 13.4. The van der Waals surface area contributed by atoms with Crippen LogP contribution >= 0.6 is 11.3 Å². The molecule has 0 aliphatic carbocycles. The minimum Gasteiger partial charge on any atom is -0.340 e. The fourth-order valence-electron chi connectivity index (χ4n) is 4.69. The van der Waals surface area contributed by atoms with Gasteiger partial charge in [-0.2, -0.15) is 0 Å². The predicted octanol–water partition coefficient (Wildman–Crippen LogP) is 4.80. The summed E-state index contributed by atoms with van der Waals surface area (Å²) < 4.78 is 13.4. The lowest BCUT2D eigenvalue weighted by Gasteiger charge is -2.37. The van der Waals surface area contributed by atoms with Crippen molar-refractivity contribution in [1.82, 2.24) is 14.7 Å². The molecule has 1 fully saturated rings. The van der Waals surface area contributed by atoms with Crippen LogP contribution in [0.5, 0.6) is 0 Å². The SMILES string of the molecule is CCC(C(=O)N1CCN(CCN(Cc2ccc(F)cc2)C(=O)Cc2cccs2)CC1)c1ccccc1. The molecule has 1 aromatic heterocycles. The van der Waals surface area contributed by atoms with Gasteiger partial charge in [0.15, 0.2) is 0 Å². The van der Waals surface area contributed by atoms with Gasteiger partial charge in [-0.05, 0) is 41.1 Å². The third-order valence-electron chi connectivity index (χ3n) is 6.82. The summed E-state index contributed by atoms with van der Waals surface area (Å²) in [7, 11) is 0. The zero-order chi connectivity index (χ0) is 25.3. The lowest BCUT2D eigenvalue weighted by Crippen LogP contribution is -2.51. The van der Waals surface area contributed by atoms with Gasteiger partial charge >= 0.3 is 0 Å². The van der Waals surface area contributed by atoms with Crippen molar-refractivity contribution in [2.24, 2.45) is 0 Å². The summed E-state index contributed by atoms with van der Waals surface area (Å²) in [5.41, 5.74) is 1.99. The standard InChI is InChI=1S/C29H34FN3O2S/c1-2-27(24-7-4-3-5-8-24)29(35)32-17-14-31(15-18-32)16-19-33(22-23-10-12-25(30)13-11-23)28(34)21-26-9-6-20-36-26/h3-13,20,27H,2,14-19,21-22H2,1H3. The van der Waals surface area contributed by atoms with E-state index >= 15 is 0 Å². The molecule has 0 saturated carbocycles. The number of nitrogens with zero attached hydrogens (tertiary/aromatic N) is 3.